The summed E-state index contributed by atoms with van der Waals surface area (Å²) >= 11 is 1.67. The Kier molecular flexibility index (Phi) is 4.16. The third-order valence-corrected chi connectivity index (χ3v) is 5.43. The minimum Gasteiger partial charge on any atom is -0.355 e. The van der Waals surface area contributed by atoms with Gasteiger partial charge in [0.25, 0.3) is 0 Å². The monoisotopic (exact) mass is 342 g/mol. The first-order valence-corrected chi connectivity index (χ1v) is 9.01. The molecule has 0 aliphatic carbocycles. The van der Waals surface area contributed by atoms with E-state index in [9.17, 15) is 4.39 Å². The molecular formula is C18H19FN4S. The van der Waals surface area contributed by atoms with E-state index in [4.69, 9.17) is 0 Å². The van der Waals surface area contributed by atoms with Gasteiger partial charge >= 0.3 is 0 Å². The topological polar surface area (TPSA) is 41.1 Å². The Morgan fingerprint density at radius 2 is 1.96 bits per heavy atom. The van der Waals surface area contributed by atoms with E-state index in [0.717, 1.165) is 59.8 Å². The molecule has 0 bridgehead atoms. The summed E-state index contributed by atoms with van der Waals surface area (Å²) in [5.41, 5.74) is 2.15. The lowest BCUT2D eigenvalue weighted by molar-refractivity contribution is 0.628. The molecule has 3 heterocycles. The third kappa shape index (κ3) is 2.76. The van der Waals surface area contributed by atoms with Crippen LogP contribution in [-0.2, 0) is 0 Å². The molecule has 3 aromatic rings. The molecule has 0 spiro atoms. The summed E-state index contributed by atoms with van der Waals surface area (Å²) in [5.74, 6) is 0.776. The molecule has 1 saturated heterocycles. The van der Waals surface area contributed by atoms with E-state index in [0.29, 0.717) is 0 Å². The SMILES string of the molecule is Cc1sc2ncnc(N3CCCNCC3)c2c1-c1ccc(F)cc1. The van der Waals surface area contributed by atoms with Gasteiger partial charge in [-0.25, -0.2) is 14.4 Å². The molecule has 0 saturated carbocycles. The van der Waals surface area contributed by atoms with Gasteiger partial charge in [0.2, 0.25) is 0 Å². The normalized spacial score (nSPS) is 15.7. The first kappa shape index (κ1) is 15.5. The van der Waals surface area contributed by atoms with Gasteiger partial charge in [-0.2, -0.15) is 0 Å². The molecule has 0 amide bonds. The number of nitrogens with one attached hydrogen (secondary N) is 1. The van der Waals surface area contributed by atoms with E-state index < -0.39 is 0 Å². The van der Waals surface area contributed by atoms with E-state index in [1.54, 1.807) is 17.7 Å². The average molecular weight is 342 g/mol. The first-order chi connectivity index (χ1) is 11.7. The Balaban J connectivity index is 1.90. The summed E-state index contributed by atoms with van der Waals surface area (Å²) in [6, 6.07) is 6.70. The molecule has 4 nitrogen and oxygen atoms in total. The highest BCUT2D eigenvalue weighted by Gasteiger charge is 2.21. The van der Waals surface area contributed by atoms with Crippen molar-refractivity contribution >= 4 is 27.4 Å². The summed E-state index contributed by atoms with van der Waals surface area (Å²) in [5, 5.41) is 4.52. The average Bonchev–Trinajstić information content (AvgIpc) is 2.76. The summed E-state index contributed by atoms with van der Waals surface area (Å²) in [6.07, 6.45) is 2.75. The van der Waals surface area contributed by atoms with Gasteiger partial charge in [-0.1, -0.05) is 12.1 Å². The minimum atomic E-state index is -0.217. The quantitative estimate of drug-likeness (QED) is 0.772. The molecule has 1 aliphatic heterocycles. The lowest BCUT2D eigenvalue weighted by Crippen LogP contribution is -2.28. The molecule has 0 unspecified atom stereocenters. The Morgan fingerprint density at radius 1 is 1.12 bits per heavy atom. The van der Waals surface area contributed by atoms with Gasteiger partial charge in [-0.15, -0.1) is 11.3 Å². The predicted octanol–water partition coefficient (Wildman–Crippen LogP) is 3.61. The summed E-state index contributed by atoms with van der Waals surface area (Å²) in [6.45, 7) is 6.01. The molecule has 2 aromatic heterocycles. The molecule has 24 heavy (non-hydrogen) atoms. The summed E-state index contributed by atoms with van der Waals surface area (Å²) < 4.78 is 13.3. The van der Waals surface area contributed by atoms with E-state index in [-0.39, 0.29) is 5.82 Å². The van der Waals surface area contributed by atoms with Crippen LogP contribution in [0.5, 0.6) is 0 Å². The molecule has 0 radical (unpaired) electrons. The van der Waals surface area contributed by atoms with Gasteiger partial charge in [0.1, 0.15) is 22.8 Å². The number of nitrogens with zero attached hydrogens (tertiary/aromatic N) is 3. The largest absolute Gasteiger partial charge is 0.355 e. The number of hydrogen-bond donors (Lipinski definition) is 1. The number of benzene rings is 1. The first-order valence-electron chi connectivity index (χ1n) is 8.20. The summed E-state index contributed by atoms with van der Waals surface area (Å²) in [7, 11) is 0. The lowest BCUT2D eigenvalue weighted by atomic mass is 10.0. The van der Waals surface area contributed by atoms with Crippen LogP contribution in [0.1, 0.15) is 11.3 Å². The van der Waals surface area contributed by atoms with Gasteiger partial charge in [0.05, 0.1) is 5.39 Å². The van der Waals surface area contributed by atoms with Crippen molar-refractivity contribution in [1.82, 2.24) is 15.3 Å². The fraction of sp³-hybridized carbons (Fsp3) is 0.333. The number of hydrogen-bond acceptors (Lipinski definition) is 5. The van der Waals surface area contributed by atoms with Crippen LogP contribution >= 0.6 is 11.3 Å². The van der Waals surface area contributed by atoms with Crippen molar-refractivity contribution in [3.8, 4) is 11.1 Å². The number of fused-ring (bicyclic) bond motifs is 1. The molecular weight excluding hydrogens is 323 g/mol. The Hall–Kier alpha value is -2.05. The zero-order valence-electron chi connectivity index (χ0n) is 13.6. The minimum absolute atomic E-state index is 0.217. The predicted molar refractivity (Wildman–Crippen MR) is 97.2 cm³/mol. The highest BCUT2D eigenvalue weighted by atomic mass is 32.1. The maximum Gasteiger partial charge on any atom is 0.141 e. The van der Waals surface area contributed by atoms with Crippen LogP contribution in [0.2, 0.25) is 0 Å². The molecule has 6 heteroatoms. The standard InChI is InChI=1S/C18H19FN4S/c1-12-15(13-3-5-14(19)6-4-13)16-17(21-11-22-18(16)24-12)23-9-2-7-20-8-10-23/h3-6,11,20H,2,7-10H2,1H3. The molecule has 1 aliphatic rings. The molecule has 1 N–H and O–H groups in total. The van der Waals surface area contributed by atoms with Crippen LogP contribution in [0, 0.1) is 12.7 Å². The molecule has 1 aromatic carbocycles. The number of aryl methyl sites for hydroxylation is 1. The smallest absolute Gasteiger partial charge is 0.141 e. The van der Waals surface area contributed by atoms with Crippen molar-refractivity contribution in [2.75, 3.05) is 31.1 Å². The summed E-state index contributed by atoms with van der Waals surface area (Å²) in [4.78, 5) is 13.6. The van der Waals surface area contributed by atoms with Crippen molar-refractivity contribution in [2.45, 2.75) is 13.3 Å². The van der Waals surface area contributed by atoms with Crippen LogP contribution < -0.4 is 10.2 Å². The Morgan fingerprint density at radius 3 is 2.79 bits per heavy atom. The van der Waals surface area contributed by atoms with Crippen molar-refractivity contribution in [3.63, 3.8) is 0 Å². The number of anilines is 1. The Labute approximate surface area is 144 Å². The Bertz CT molecular complexity index is 851. The lowest BCUT2D eigenvalue weighted by Gasteiger charge is -2.22. The van der Waals surface area contributed by atoms with Crippen molar-refractivity contribution in [3.05, 3.63) is 41.3 Å². The van der Waals surface area contributed by atoms with E-state index in [1.165, 1.54) is 17.0 Å². The van der Waals surface area contributed by atoms with Crippen LogP contribution in [0.15, 0.2) is 30.6 Å². The highest BCUT2D eigenvalue weighted by molar-refractivity contribution is 7.19. The van der Waals surface area contributed by atoms with Gasteiger partial charge in [-0.3, -0.25) is 0 Å². The number of thiophene rings is 1. The highest BCUT2D eigenvalue weighted by Crippen LogP contribution is 2.41. The van der Waals surface area contributed by atoms with Crippen LogP contribution in [-0.4, -0.2) is 36.1 Å². The van der Waals surface area contributed by atoms with Gasteiger partial charge < -0.3 is 10.2 Å². The van der Waals surface area contributed by atoms with Crippen molar-refractivity contribution in [1.29, 1.82) is 0 Å². The number of rotatable bonds is 2. The van der Waals surface area contributed by atoms with Gasteiger partial charge in [0.15, 0.2) is 0 Å². The van der Waals surface area contributed by atoms with Gasteiger partial charge in [-0.05, 0) is 37.6 Å². The molecule has 4 rings (SSSR count). The second kappa shape index (κ2) is 6.45. The van der Waals surface area contributed by atoms with Crippen LogP contribution in [0.4, 0.5) is 10.2 Å². The maximum atomic E-state index is 13.3. The van der Waals surface area contributed by atoms with Crippen molar-refractivity contribution in [2.24, 2.45) is 0 Å². The molecule has 124 valence electrons. The second-order valence-electron chi connectivity index (χ2n) is 6.01. The van der Waals surface area contributed by atoms with Crippen LogP contribution in [0.3, 0.4) is 0 Å². The third-order valence-electron chi connectivity index (χ3n) is 4.42. The van der Waals surface area contributed by atoms with Gasteiger partial charge in [0, 0.05) is 30.1 Å². The fourth-order valence-corrected chi connectivity index (χ4v) is 4.30. The molecule has 1 fully saturated rings. The maximum absolute atomic E-state index is 13.3. The van der Waals surface area contributed by atoms with E-state index in [1.807, 2.05) is 12.1 Å². The van der Waals surface area contributed by atoms with Crippen LogP contribution in [0.25, 0.3) is 21.3 Å². The zero-order chi connectivity index (χ0) is 16.5. The zero-order valence-corrected chi connectivity index (χ0v) is 14.4. The number of aromatic nitrogens is 2. The second-order valence-corrected chi connectivity index (χ2v) is 7.21. The fourth-order valence-electron chi connectivity index (χ4n) is 3.29. The van der Waals surface area contributed by atoms with Crippen molar-refractivity contribution < 1.29 is 4.39 Å². The van der Waals surface area contributed by atoms with E-state index in [2.05, 4.69) is 27.1 Å². The number of halogens is 1. The van der Waals surface area contributed by atoms with E-state index >= 15 is 0 Å². The molecule has 0 atom stereocenters.